The van der Waals surface area contributed by atoms with Crippen molar-refractivity contribution in [1.29, 1.82) is 0 Å². The number of nitrogens with zero attached hydrogens (tertiary/aromatic N) is 3. The Labute approximate surface area is 163 Å². The molecule has 0 atom stereocenters. The van der Waals surface area contributed by atoms with Crippen molar-refractivity contribution in [1.82, 2.24) is 9.97 Å². The largest absolute Gasteiger partial charge is 0.491 e. The van der Waals surface area contributed by atoms with Gasteiger partial charge in [-0.25, -0.2) is 4.98 Å². The number of ether oxygens (including phenoxy) is 2. The van der Waals surface area contributed by atoms with Gasteiger partial charge in [0.25, 0.3) is 0 Å². The van der Waals surface area contributed by atoms with Crippen LogP contribution in [0.25, 0.3) is 0 Å². The molecule has 0 spiro atoms. The van der Waals surface area contributed by atoms with Crippen molar-refractivity contribution in [3.8, 4) is 11.8 Å². The Morgan fingerprint density at radius 2 is 1.86 bits per heavy atom. The third-order valence-electron chi connectivity index (χ3n) is 3.90. The number of rotatable bonds is 9. The highest BCUT2D eigenvalue weighted by Crippen LogP contribution is 2.40. The average Bonchev–Trinajstić information content (AvgIpc) is 2.65. The second-order valence-electron chi connectivity index (χ2n) is 6.82. The highest BCUT2D eigenvalue weighted by atomic mass is 19.4. The minimum Gasteiger partial charge on any atom is -0.491 e. The van der Waals surface area contributed by atoms with E-state index in [1.807, 2.05) is 20.8 Å². The molecule has 0 N–H and O–H groups in total. The number of para-hydroxylation sites is 2. The van der Waals surface area contributed by atoms with E-state index in [2.05, 4.69) is 9.97 Å². The molecule has 2 rings (SSSR count). The second-order valence-corrected chi connectivity index (χ2v) is 6.82. The fraction of sp³-hybridized carbons (Fsp3) is 0.500. The van der Waals surface area contributed by atoms with E-state index >= 15 is 0 Å². The number of hydrogen-bond acceptors (Lipinski definition) is 5. The highest BCUT2D eigenvalue weighted by molar-refractivity contribution is 5.68. The van der Waals surface area contributed by atoms with E-state index < -0.39 is 11.7 Å². The normalized spacial score (nSPS) is 11.6. The van der Waals surface area contributed by atoms with Crippen molar-refractivity contribution in [3.63, 3.8) is 0 Å². The molecule has 1 aromatic heterocycles. The third kappa shape index (κ3) is 5.74. The van der Waals surface area contributed by atoms with E-state index in [1.165, 1.54) is 11.9 Å². The molecular weight excluding hydrogens is 371 g/mol. The second kappa shape index (κ2) is 9.61. The highest BCUT2D eigenvalue weighted by Gasteiger charge is 2.37. The zero-order valence-corrected chi connectivity index (χ0v) is 16.6. The molecule has 0 aliphatic heterocycles. The van der Waals surface area contributed by atoms with Crippen LogP contribution in [0.1, 0.15) is 39.2 Å². The van der Waals surface area contributed by atoms with Crippen molar-refractivity contribution in [3.05, 3.63) is 36.0 Å². The van der Waals surface area contributed by atoms with Crippen LogP contribution in [0.3, 0.4) is 0 Å². The number of alkyl halides is 3. The molecule has 1 heterocycles. The Hall–Kier alpha value is -2.51. The first-order valence-electron chi connectivity index (χ1n) is 9.26. The molecule has 8 heteroatoms. The standard InChI is InChI=1S/C20H26F3N3O2/c1-5-6-11-27-17-10-8-7-9-16(17)26(4)18-15(20(21,22)23)12-24-19(25-18)28-13-14(2)3/h7-10,12,14H,5-6,11,13H2,1-4H3. The van der Waals surface area contributed by atoms with Crippen LogP contribution >= 0.6 is 0 Å². The molecule has 0 fully saturated rings. The van der Waals surface area contributed by atoms with Crippen LogP contribution in [0.15, 0.2) is 30.5 Å². The van der Waals surface area contributed by atoms with E-state index in [-0.39, 0.29) is 17.7 Å². The fourth-order valence-electron chi connectivity index (χ4n) is 2.42. The summed E-state index contributed by atoms with van der Waals surface area (Å²) < 4.78 is 51.8. The van der Waals surface area contributed by atoms with Crippen molar-refractivity contribution >= 4 is 11.5 Å². The number of aromatic nitrogens is 2. The molecule has 154 valence electrons. The number of halogens is 3. The monoisotopic (exact) mass is 397 g/mol. The molecule has 0 unspecified atom stereocenters. The van der Waals surface area contributed by atoms with E-state index in [0.29, 0.717) is 24.7 Å². The van der Waals surface area contributed by atoms with E-state index in [1.54, 1.807) is 24.3 Å². The predicted octanol–water partition coefficient (Wildman–Crippen LogP) is 5.48. The van der Waals surface area contributed by atoms with Crippen LogP contribution in [0, 0.1) is 5.92 Å². The van der Waals surface area contributed by atoms with Gasteiger partial charge in [0.05, 0.1) is 18.9 Å². The Balaban J connectivity index is 2.42. The van der Waals surface area contributed by atoms with Gasteiger partial charge in [-0.2, -0.15) is 18.2 Å². The Morgan fingerprint density at radius 1 is 1.14 bits per heavy atom. The van der Waals surface area contributed by atoms with Gasteiger partial charge in [-0.1, -0.05) is 39.3 Å². The molecule has 5 nitrogen and oxygen atoms in total. The molecular formula is C20H26F3N3O2. The van der Waals surface area contributed by atoms with Gasteiger partial charge in [-0.3, -0.25) is 0 Å². The lowest BCUT2D eigenvalue weighted by Gasteiger charge is -2.24. The smallest absolute Gasteiger partial charge is 0.421 e. The molecule has 2 aromatic rings. The van der Waals surface area contributed by atoms with Crippen molar-refractivity contribution in [2.45, 2.75) is 39.8 Å². The summed E-state index contributed by atoms with van der Waals surface area (Å²) in [4.78, 5) is 9.12. The third-order valence-corrected chi connectivity index (χ3v) is 3.90. The quantitative estimate of drug-likeness (QED) is 0.525. The van der Waals surface area contributed by atoms with E-state index in [4.69, 9.17) is 9.47 Å². The SMILES string of the molecule is CCCCOc1ccccc1N(C)c1nc(OCC(C)C)ncc1C(F)(F)F. The lowest BCUT2D eigenvalue weighted by Crippen LogP contribution is -2.20. The molecule has 28 heavy (non-hydrogen) atoms. The van der Waals surface area contributed by atoms with E-state index in [0.717, 1.165) is 19.0 Å². The summed E-state index contributed by atoms with van der Waals surface area (Å²) >= 11 is 0. The summed E-state index contributed by atoms with van der Waals surface area (Å²) in [6, 6.07) is 6.85. The number of anilines is 2. The van der Waals surface area contributed by atoms with Crippen LogP contribution in [-0.2, 0) is 6.18 Å². The molecule has 0 aliphatic rings. The summed E-state index contributed by atoms with van der Waals surface area (Å²) in [5.74, 6) is 0.405. The van der Waals surface area contributed by atoms with Crippen molar-refractivity contribution < 1.29 is 22.6 Å². The number of unbranched alkanes of at least 4 members (excludes halogenated alkanes) is 1. The molecule has 0 aliphatic carbocycles. The summed E-state index contributed by atoms with van der Waals surface area (Å²) in [7, 11) is 1.52. The minimum atomic E-state index is -4.60. The zero-order valence-electron chi connectivity index (χ0n) is 16.6. The van der Waals surface area contributed by atoms with Gasteiger partial charge in [0.15, 0.2) is 5.82 Å². The zero-order chi connectivity index (χ0) is 20.7. The molecule has 0 bridgehead atoms. The predicted molar refractivity (Wildman–Crippen MR) is 102 cm³/mol. The summed E-state index contributed by atoms with van der Waals surface area (Å²) in [5, 5.41) is 0. The van der Waals surface area contributed by atoms with Gasteiger partial charge >= 0.3 is 12.2 Å². The molecule has 0 saturated carbocycles. The maximum atomic E-state index is 13.5. The minimum absolute atomic E-state index is 0.0899. The van der Waals surface area contributed by atoms with E-state index in [9.17, 15) is 13.2 Å². The number of benzene rings is 1. The van der Waals surface area contributed by atoms with Crippen molar-refractivity contribution in [2.24, 2.45) is 5.92 Å². The Bertz CT molecular complexity index is 767. The maximum absolute atomic E-state index is 13.5. The Morgan fingerprint density at radius 3 is 2.50 bits per heavy atom. The van der Waals surface area contributed by atoms with Gasteiger partial charge < -0.3 is 14.4 Å². The molecule has 0 radical (unpaired) electrons. The summed E-state index contributed by atoms with van der Waals surface area (Å²) in [6.45, 7) is 6.70. The van der Waals surface area contributed by atoms with Gasteiger partial charge in [-0.15, -0.1) is 0 Å². The summed E-state index contributed by atoms with van der Waals surface area (Å²) in [6.07, 6.45) is -2.03. The van der Waals surface area contributed by atoms with Gasteiger partial charge in [-0.05, 0) is 24.5 Å². The fourth-order valence-corrected chi connectivity index (χ4v) is 2.42. The van der Waals surface area contributed by atoms with Gasteiger partial charge in [0.2, 0.25) is 0 Å². The average molecular weight is 397 g/mol. The molecule has 1 aromatic carbocycles. The Kier molecular flexibility index (Phi) is 7.48. The van der Waals surface area contributed by atoms with Gasteiger partial charge in [0, 0.05) is 13.2 Å². The van der Waals surface area contributed by atoms with Crippen molar-refractivity contribution in [2.75, 3.05) is 25.2 Å². The first-order valence-corrected chi connectivity index (χ1v) is 9.26. The first-order chi connectivity index (χ1) is 13.2. The first kappa shape index (κ1) is 21.8. The van der Waals surface area contributed by atoms with Crippen LogP contribution in [0.2, 0.25) is 0 Å². The lowest BCUT2D eigenvalue weighted by molar-refractivity contribution is -0.137. The molecule has 0 saturated heterocycles. The molecule has 0 amide bonds. The van der Waals surface area contributed by atoms with Crippen LogP contribution in [0.4, 0.5) is 24.7 Å². The summed E-state index contributed by atoms with van der Waals surface area (Å²) in [5.41, 5.74) is -0.451. The topological polar surface area (TPSA) is 47.5 Å². The maximum Gasteiger partial charge on any atom is 0.421 e. The van der Waals surface area contributed by atoms with Gasteiger partial charge in [0.1, 0.15) is 11.3 Å². The van der Waals surface area contributed by atoms with Crippen LogP contribution < -0.4 is 14.4 Å². The number of hydrogen-bond donors (Lipinski definition) is 0. The van der Waals surface area contributed by atoms with Crippen LogP contribution in [-0.4, -0.2) is 30.2 Å². The van der Waals surface area contributed by atoms with Crippen LogP contribution in [0.5, 0.6) is 11.8 Å². The lowest BCUT2D eigenvalue weighted by atomic mass is 10.2.